The Morgan fingerprint density at radius 2 is 1.62 bits per heavy atom. The second-order valence-corrected chi connectivity index (χ2v) is 8.30. The van der Waals surface area contributed by atoms with E-state index in [1.807, 2.05) is 80.6 Å². The Hall–Kier alpha value is -4.03. The summed E-state index contributed by atoms with van der Waals surface area (Å²) in [5.74, 6) is 0.304. The minimum Gasteiger partial charge on any atom is -0.460 e. The first-order valence-corrected chi connectivity index (χ1v) is 11.1. The molecule has 1 N–H and O–H groups in total. The fourth-order valence-corrected chi connectivity index (χ4v) is 3.32. The molecule has 6 nitrogen and oxygen atoms in total. The van der Waals surface area contributed by atoms with Crippen LogP contribution in [0.5, 0.6) is 0 Å². The molecule has 0 amide bonds. The van der Waals surface area contributed by atoms with Gasteiger partial charge in [0.15, 0.2) is 0 Å². The van der Waals surface area contributed by atoms with Crippen LogP contribution in [-0.4, -0.2) is 22.8 Å². The van der Waals surface area contributed by atoms with Gasteiger partial charge in [-0.2, -0.15) is 0 Å². The van der Waals surface area contributed by atoms with Gasteiger partial charge >= 0.3 is 5.97 Å². The van der Waals surface area contributed by atoms with Gasteiger partial charge in [-0.1, -0.05) is 78.4 Å². The van der Waals surface area contributed by atoms with Crippen molar-refractivity contribution in [3.05, 3.63) is 119 Å². The van der Waals surface area contributed by atoms with Crippen LogP contribution in [0.15, 0.2) is 89.3 Å². The maximum atomic E-state index is 12.6. The number of ether oxygens (including phenoxy) is 1. The molecule has 0 spiro atoms. The molecule has 1 heterocycles. The van der Waals surface area contributed by atoms with E-state index < -0.39 is 11.5 Å². The van der Waals surface area contributed by atoms with Gasteiger partial charge in [0, 0.05) is 12.6 Å². The molecule has 1 unspecified atom stereocenters. The van der Waals surface area contributed by atoms with E-state index in [1.54, 1.807) is 30.3 Å². The van der Waals surface area contributed by atoms with Crippen LogP contribution in [0.2, 0.25) is 0 Å². The van der Waals surface area contributed by atoms with Gasteiger partial charge in [-0.25, -0.2) is 4.79 Å². The average Bonchev–Trinajstić information content (AvgIpc) is 3.37. The number of esters is 1. The molecule has 172 valence electrons. The van der Waals surface area contributed by atoms with Crippen LogP contribution >= 0.6 is 0 Å². The van der Waals surface area contributed by atoms with Crippen LogP contribution < -0.4 is 5.32 Å². The number of hydrogen-bond acceptors (Lipinski definition) is 6. The van der Waals surface area contributed by atoms with Crippen LogP contribution in [0, 0.1) is 6.92 Å². The van der Waals surface area contributed by atoms with E-state index in [0.717, 1.165) is 11.1 Å². The molecule has 0 aliphatic carbocycles. The van der Waals surface area contributed by atoms with Crippen molar-refractivity contribution in [3.8, 4) is 0 Å². The first-order chi connectivity index (χ1) is 16.5. The zero-order valence-corrected chi connectivity index (χ0v) is 19.3. The summed E-state index contributed by atoms with van der Waals surface area (Å²) in [5.41, 5.74) is 2.92. The molecule has 6 heteroatoms. The van der Waals surface area contributed by atoms with Crippen molar-refractivity contribution in [2.24, 2.45) is 0 Å². The highest BCUT2D eigenvalue weighted by Crippen LogP contribution is 2.23. The van der Waals surface area contributed by atoms with E-state index in [1.165, 1.54) is 5.56 Å². The molecule has 4 rings (SSSR count). The lowest BCUT2D eigenvalue weighted by atomic mass is 10.0. The molecule has 0 saturated heterocycles. The summed E-state index contributed by atoms with van der Waals surface area (Å²) in [4.78, 5) is 12.6. The summed E-state index contributed by atoms with van der Waals surface area (Å²) in [6.07, 6.45) is 3.69. The normalized spacial score (nSPS) is 13.0. The van der Waals surface area contributed by atoms with E-state index in [0.29, 0.717) is 23.9 Å². The summed E-state index contributed by atoms with van der Waals surface area (Å²) in [7, 11) is 0. The number of nitrogens with zero attached hydrogens (tertiary/aromatic N) is 2. The van der Waals surface area contributed by atoms with Crippen molar-refractivity contribution >= 4 is 18.1 Å². The number of carbonyl (C=O) groups excluding carboxylic acids is 1. The number of rotatable bonds is 9. The molecule has 1 atom stereocenters. The number of aromatic nitrogens is 2. The van der Waals surface area contributed by atoms with Crippen molar-refractivity contribution in [2.45, 2.75) is 25.9 Å². The van der Waals surface area contributed by atoms with E-state index in [9.17, 15) is 4.79 Å². The van der Waals surface area contributed by atoms with Crippen LogP contribution in [0.3, 0.4) is 0 Å². The molecule has 0 aliphatic heterocycles. The van der Waals surface area contributed by atoms with Gasteiger partial charge in [-0.05, 0) is 43.2 Å². The standard InChI is InChI=1S/C28H27N3O3/c1-21-13-15-22(16-14-21)17-18-25-30-31-27(34-25)28(2,29-19-23-9-5-3-6-10-23)20-33-26(32)24-11-7-4-8-12-24/h3-18,29H,19-20H2,1-2H3/b18-17+. The highest BCUT2D eigenvalue weighted by Gasteiger charge is 2.34. The van der Waals surface area contributed by atoms with Gasteiger partial charge in [0.25, 0.3) is 0 Å². The molecular weight excluding hydrogens is 426 g/mol. The zero-order chi connectivity index (χ0) is 23.8. The highest BCUT2D eigenvalue weighted by atomic mass is 16.5. The molecule has 0 saturated carbocycles. The number of aryl methyl sites for hydroxylation is 1. The molecular formula is C28H27N3O3. The van der Waals surface area contributed by atoms with E-state index in [-0.39, 0.29) is 6.61 Å². The summed E-state index contributed by atoms with van der Waals surface area (Å²) in [5, 5.41) is 11.9. The van der Waals surface area contributed by atoms with Crippen molar-refractivity contribution in [1.82, 2.24) is 15.5 Å². The summed E-state index contributed by atoms with van der Waals surface area (Å²) in [6.45, 7) is 4.49. The van der Waals surface area contributed by atoms with Crippen LogP contribution in [0.25, 0.3) is 12.2 Å². The van der Waals surface area contributed by atoms with E-state index in [4.69, 9.17) is 9.15 Å². The topological polar surface area (TPSA) is 77.2 Å². The quantitative estimate of drug-likeness (QED) is 0.342. The lowest BCUT2D eigenvalue weighted by molar-refractivity contribution is 0.0342. The number of carbonyl (C=O) groups is 1. The van der Waals surface area contributed by atoms with Crippen molar-refractivity contribution in [2.75, 3.05) is 6.61 Å². The third kappa shape index (κ3) is 6.05. The fraction of sp³-hybridized carbons (Fsp3) is 0.179. The Labute approximate surface area is 199 Å². The summed E-state index contributed by atoms with van der Waals surface area (Å²) < 4.78 is 11.6. The SMILES string of the molecule is Cc1ccc(/C=C/c2nnc(C(C)(COC(=O)c3ccccc3)NCc3ccccc3)o2)cc1. The Balaban J connectivity index is 1.52. The Morgan fingerprint density at radius 1 is 0.941 bits per heavy atom. The van der Waals surface area contributed by atoms with Gasteiger partial charge in [0.1, 0.15) is 12.1 Å². The first kappa shape index (κ1) is 23.1. The molecule has 0 fully saturated rings. The molecule has 0 aliphatic rings. The molecule has 3 aromatic carbocycles. The summed E-state index contributed by atoms with van der Waals surface area (Å²) in [6, 6.07) is 27.0. The van der Waals surface area contributed by atoms with Gasteiger partial charge in [-0.15, -0.1) is 10.2 Å². The van der Waals surface area contributed by atoms with Gasteiger partial charge in [0.05, 0.1) is 5.56 Å². The average molecular weight is 454 g/mol. The monoisotopic (exact) mass is 453 g/mol. The minimum absolute atomic E-state index is 0.0247. The van der Waals surface area contributed by atoms with Gasteiger partial charge in [0.2, 0.25) is 11.8 Å². The highest BCUT2D eigenvalue weighted by molar-refractivity contribution is 5.89. The number of benzene rings is 3. The smallest absolute Gasteiger partial charge is 0.338 e. The second-order valence-electron chi connectivity index (χ2n) is 8.30. The Bertz CT molecular complexity index is 1230. The molecule has 4 aromatic rings. The van der Waals surface area contributed by atoms with Crippen molar-refractivity contribution in [3.63, 3.8) is 0 Å². The van der Waals surface area contributed by atoms with Gasteiger partial charge in [-0.3, -0.25) is 5.32 Å². The maximum absolute atomic E-state index is 12.6. The first-order valence-electron chi connectivity index (χ1n) is 11.1. The molecule has 1 aromatic heterocycles. The summed E-state index contributed by atoms with van der Waals surface area (Å²) >= 11 is 0. The van der Waals surface area contributed by atoms with Crippen LogP contribution in [0.1, 0.15) is 45.8 Å². The third-order valence-corrected chi connectivity index (χ3v) is 5.44. The Morgan fingerprint density at radius 3 is 2.32 bits per heavy atom. The van der Waals surface area contributed by atoms with Crippen molar-refractivity contribution < 1.29 is 13.9 Å². The van der Waals surface area contributed by atoms with Crippen LogP contribution in [-0.2, 0) is 16.8 Å². The maximum Gasteiger partial charge on any atom is 0.338 e. The number of nitrogens with one attached hydrogen (secondary N) is 1. The largest absolute Gasteiger partial charge is 0.460 e. The van der Waals surface area contributed by atoms with E-state index in [2.05, 4.69) is 15.5 Å². The molecule has 34 heavy (non-hydrogen) atoms. The molecule has 0 radical (unpaired) electrons. The number of hydrogen-bond donors (Lipinski definition) is 1. The third-order valence-electron chi connectivity index (χ3n) is 5.44. The second kappa shape index (κ2) is 10.7. The van der Waals surface area contributed by atoms with Crippen LogP contribution in [0.4, 0.5) is 0 Å². The minimum atomic E-state index is -0.886. The Kier molecular flexibility index (Phi) is 7.30. The lowest BCUT2D eigenvalue weighted by Crippen LogP contribution is -2.44. The fourth-order valence-electron chi connectivity index (χ4n) is 3.32. The zero-order valence-electron chi connectivity index (χ0n) is 19.3. The van der Waals surface area contributed by atoms with Gasteiger partial charge < -0.3 is 9.15 Å². The predicted molar refractivity (Wildman–Crippen MR) is 132 cm³/mol. The lowest BCUT2D eigenvalue weighted by Gasteiger charge is -2.27. The van der Waals surface area contributed by atoms with Crippen molar-refractivity contribution in [1.29, 1.82) is 0 Å². The molecule has 0 bridgehead atoms. The van der Waals surface area contributed by atoms with E-state index >= 15 is 0 Å². The predicted octanol–water partition coefficient (Wildman–Crippen LogP) is 5.41.